The third-order valence-electron chi connectivity index (χ3n) is 5.62. The van der Waals surface area contributed by atoms with Crippen molar-refractivity contribution in [1.29, 1.82) is 0 Å². The second-order valence-corrected chi connectivity index (χ2v) is 9.57. The molecule has 0 aliphatic heterocycles. The summed E-state index contributed by atoms with van der Waals surface area (Å²) in [4.78, 5) is 64.2. The minimum atomic E-state index is -1.53. The topological polar surface area (TPSA) is 116 Å². The van der Waals surface area contributed by atoms with Gasteiger partial charge >= 0.3 is 5.91 Å². The van der Waals surface area contributed by atoms with Crippen LogP contribution in [-0.2, 0) is 24.0 Å². The molecule has 0 aromatic heterocycles. The molecule has 1 aromatic rings. The maximum atomic E-state index is 14.7. The fraction of sp³-hybridized carbons (Fsp3) is 0.577. The number of likely N-dealkylation sites (N-methyl/N-ethyl adjacent to an activating group) is 1. The first-order chi connectivity index (χ1) is 16.9. The third-order valence-corrected chi connectivity index (χ3v) is 5.62. The van der Waals surface area contributed by atoms with Crippen LogP contribution in [0.2, 0.25) is 0 Å². The molecule has 3 unspecified atom stereocenters. The zero-order chi connectivity index (χ0) is 27.4. The van der Waals surface area contributed by atoms with E-state index in [1.54, 1.807) is 37.3 Å². The Morgan fingerprint density at radius 3 is 2.11 bits per heavy atom. The Morgan fingerprint density at radius 2 is 1.58 bits per heavy atom. The van der Waals surface area contributed by atoms with E-state index in [0.717, 1.165) is 12.8 Å². The molecule has 0 spiro atoms. The van der Waals surface area contributed by atoms with Crippen molar-refractivity contribution in [3.8, 4) is 0 Å². The van der Waals surface area contributed by atoms with Crippen molar-refractivity contribution >= 4 is 29.4 Å². The molecule has 1 aromatic carbocycles. The lowest BCUT2D eigenvalue weighted by molar-refractivity contribution is -0.159. The average molecular weight is 507 g/mol. The Balaban J connectivity index is 2.90. The van der Waals surface area contributed by atoms with Gasteiger partial charge in [-0.15, -0.1) is 0 Å². The Labute approximate surface area is 212 Å². The highest BCUT2D eigenvalue weighted by Crippen LogP contribution is 2.15. The highest BCUT2D eigenvalue weighted by atomic mass is 19.2. The van der Waals surface area contributed by atoms with E-state index in [1.165, 1.54) is 19.0 Å². The zero-order valence-electron chi connectivity index (χ0n) is 22.0. The van der Waals surface area contributed by atoms with Crippen molar-refractivity contribution in [2.24, 2.45) is 11.8 Å². The lowest BCUT2D eigenvalue weighted by atomic mass is 9.97. The molecule has 0 heterocycles. The fourth-order valence-corrected chi connectivity index (χ4v) is 3.52. The summed E-state index contributed by atoms with van der Waals surface area (Å²) in [5.41, 5.74) is 0.481. The van der Waals surface area contributed by atoms with Gasteiger partial charge in [0, 0.05) is 20.0 Å². The minimum Gasteiger partial charge on any atom is -0.347 e. The van der Waals surface area contributed by atoms with Gasteiger partial charge in [-0.05, 0) is 24.3 Å². The second-order valence-electron chi connectivity index (χ2n) is 9.57. The molecule has 0 saturated heterocycles. The monoisotopic (exact) mass is 506 g/mol. The molecular formula is C26H39FN4O5. The van der Waals surface area contributed by atoms with Crippen molar-refractivity contribution in [3.63, 3.8) is 0 Å². The molecular weight excluding hydrogens is 467 g/mol. The summed E-state index contributed by atoms with van der Waals surface area (Å²) in [6.45, 7) is 6.27. The van der Waals surface area contributed by atoms with Crippen LogP contribution in [0.4, 0.5) is 4.48 Å². The van der Waals surface area contributed by atoms with Gasteiger partial charge in [0.2, 0.25) is 23.5 Å². The van der Waals surface area contributed by atoms with Crippen LogP contribution in [0.5, 0.6) is 0 Å². The van der Waals surface area contributed by atoms with E-state index in [-0.39, 0.29) is 24.2 Å². The molecule has 2 N–H and O–H groups in total. The van der Waals surface area contributed by atoms with E-state index >= 15 is 0 Å². The van der Waals surface area contributed by atoms with Crippen molar-refractivity contribution < 1.29 is 28.5 Å². The van der Waals surface area contributed by atoms with Gasteiger partial charge in [-0.2, -0.15) is 5.12 Å². The zero-order valence-corrected chi connectivity index (χ0v) is 22.0. The predicted octanol–water partition coefficient (Wildman–Crippen LogP) is 2.57. The van der Waals surface area contributed by atoms with Crippen LogP contribution >= 0.6 is 0 Å². The molecule has 0 saturated carbocycles. The molecule has 3 atom stereocenters. The number of unbranched alkanes of at least 4 members (excludes halogenated alkanes) is 1. The van der Waals surface area contributed by atoms with Crippen molar-refractivity contribution in [3.05, 3.63) is 35.9 Å². The maximum Gasteiger partial charge on any atom is 0.320 e. The van der Waals surface area contributed by atoms with E-state index < -0.39 is 47.3 Å². The molecule has 0 bridgehead atoms. The standard InChI is InChI=1S/C26H39FN4O5/c1-7-8-12-18(4)24(34)28-20(15-17(2)3)23(33)26(36)31(27)16-21(32)29-22(25(35)30(5)6)19-13-10-9-11-14-19/h9-11,13-14,17-18,20,22H,7-8,12,15-16H2,1-6H3,(H,28,34)(H,29,32). The molecule has 36 heavy (non-hydrogen) atoms. The lowest BCUT2D eigenvalue weighted by Gasteiger charge is -2.24. The van der Waals surface area contributed by atoms with Crippen molar-refractivity contribution in [1.82, 2.24) is 20.7 Å². The number of amides is 4. The Morgan fingerprint density at radius 1 is 0.972 bits per heavy atom. The normalized spacial score (nSPS) is 13.3. The first-order valence-electron chi connectivity index (χ1n) is 12.3. The summed E-state index contributed by atoms with van der Waals surface area (Å²) in [5, 5.41) is 4.51. The third kappa shape index (κ3) is 9.75. The number of carbonyl (C=O) groups is 5. The summed E-state index contributed by atoms with van der Waals surface area (Å²) >= 11 is 0. The number of nitrogens with zero attached hydrogens (tertiary/aromatic N) is 2. The number of nitrogens with one attached hydrogen (secondary N) is 2. The molecule has 0 aliphatic carbocycles. The fourth-order valence-electron chi connectivity index (χ4n) is 3.52. The smallest absolute Gasteiger partial charge is 0.320 e. The van der Waals surface area contributed by atoms with E-state index in [2.05, 4.69) is 10.6 Å². The number of benzene rings is 1. The van der Waals surface area contributed by atoms with E-state index in [9.17, 15) is 28.5 Å². The van der Waals surface area contributed by atoms with Gasteiger partial charge < -0.3 is 15.5 Å². The molecule has 200 valence electrons. The van der Waals surface area contributed by atoms with Gasteiger partial charge in [0.1, 0.15) is 12.6 Å². The summed E-state index contributed by atoms with van der Waals surface area (Å²) < 4.78 is 14.7. The van der Waals surface area contributed by atoms with Crippen LogP contribution in [0.15, 0.2) is 30.3 Å². The van der Waals surface area contributed by atoms with Crippen molar-refractivity contribution in [2.45, 2.75) is 65.5 Å². The van der Waals surface area contributed by atoms with Crippen LogP contribution in [0, 0.1) is 11.8 Å². The molecule has 4 amide bonds. The van der Waals surface area contributed by atoms with Gasteiger partial charge in [0.15, 0.2) is 0 Å². The van der Waals surface area contributed by atoms with Gasteiger partial charge in [0.25, 0.3) is 0 Å². The molecule has 10 heteroatoms. The Kier molecular flexibility index (Phi) is 12.8. The van der Waals surface area contributed by atoms with Crippen LogP contribution in [-0.4, -0.2) is 66.1 Å². The first-order valence-corrected chi connectivity index (χ1v) is 12.3. The molecule has 1 rings (SSSR count). The number of Topliss-reactive ketones (excluding diaryl/α,β-unsaturated/α-hetero) is 1. The highest BCUT2D eigenvalue weighted by molar-refractivity contribution is 6.38. The van der Waals surface area contributed by atoms with E-state index in [1.807, 2.05) is 20.8 Å². The summed E-state index contributed by atoms with van der Waals surface area (Å²) in [6, 6.07) is 6.09. The van der Waals surface area contributed by atoms with Gasteiger partial charge in [-0.3, -0.25) is 24.0 Å². The van der Waals surface area contributed by atoms with Crippen molar-refractivity contribution in [2.75, 3.05) is 20.6 Å². The summed E-state index contributed by atoms with van der Waals surface area (Å²) in [6.07, 6.45) is 2.52. The SMILES string of the molecule is CCCCC(C)C(=O)NC(CC(C)C)C(=O)C(=O)N(F)CC(=O)NC(C(=O)N(C)C)c1ccccc1. The first kappa shape index (κ1) is 30.7. The summed E-state index contributed by atoms with van der Waals surface area (Å²) in [5.74, 6) is -4.88. The second kappa shape index (κ2) is 15.0. The quantitative estimate of drug-likeness (QED) is 0.297. The van der Waals surface area contributed by atoms with Crippen LogP contribution in [0.1, 0.15) is 65.0 Å². The average Bonchev–Trinajstić information content (AvgIpc) is 2.83. The number of carbonyl (C=O) groups excluding carboxylic acids is 5. The predicted molar refractivity (Wildman–Crippen MR) is 134 cm³/mol. The highest BCUT2D eigenvalue weighted by Gasteiger charge is 2.34. The maximum absolute atomic E-state index is 14.7. The molecule has 0 radical (unpaired) electrons. The minimum absolute atomic E-state index is 0.0574. The molecule has 0 fully saturated rings. The molecule has 9 nitrogen and oxygen atoms in total. The number of hydrogen-bond donors (Lipinski definition) is 2. The van der Waals surface area contributed by atoms with E-state index in [4.69, 9.17) is 0 Å². The van der Waals surface area contributed by atoms with Gasteiger partial charge in [-0.25, -0.2) is 0 Å². The largest absolute Gasteiger partial charge is 0.347 e. The summed E-state index contributed by atoms with van der Waals surface area (Å²) in [7, 11) is 3.03. The van der Waals surface area contributed by atoms with Crippen LogP contribution < -0.4 is 10.6 Å². The number of rotatable bonds is 14. The van der Waals surface area contributed by atoms with Crippen LogP contribution in [0.3, 0.4) is 0 Å². The Hall–Kier alpha value is -3.30. The van der Waals surface area contributed by atoms with E-state index in [0.29, 0.717) is 12.0 Å². The number of ketones is 1. The van der Waals surface area contributed by atoms with Gasteiger partial charge in [-0.1, -0.05) is 75.3 Å². The van der Waals surface area contributed by atoms with Gasteiger partial charge in [0.05, 0.1) is 6.04 Å². The lowest BCUT2D eigenvalue weighted by Crippen LogP contribution is -2.50. The Bertz CT molecular complexity index is 907. The number of halogens is 1. The number of hydrogen-bond acceptors (Lipinski definition) is 5. The molecule has 0 aliphatic rings. The van der Waals surface area contributed by atoms with Crippen LogP contribution in [0.25, 0.3) is 0 Å².